The average Bonchev–Trinajstić information content (AvgIpc) is 2.33. The van der Waals surface area contributed by atoms with Crippen LogP contribution in [0.4, 0.5) is 24.7 Å². The molecule has 3 nitrogen and oxygen atoms in total. The first-order valence-corrected chi connectivity index (χ1v) is 6.43. The van der Waals surface area contributed by atoms with Gasteiger partial charge in [-0.15, -0.1) is 0 Å². The van der Waals surface area contributed by atoms with E-state index >= 15 is 0 Å². The number of halogens is 5. The van der Waals surface area contributed by atoms with E-state index in [1.54, 1.807) is 6.20 Å². The summed E-state index contributed by atoms with van der Waals surface area (Å²) in [5, 5.41) is 2.84. The van der Waals surface area contributed by atoms with Gasteiger partial charge in [0.15, 0.2) is 0 Å². The number of hydrogen-bond acceptors (Lipinski definition) is 3. The van der Waals surface area contributed by atoms with Crippen molar-refractivity contribution in [2.75, 3.05) is 5.32 Å². The maximum absolute atomic E-state index is 12.5. The molecular weight excluding hydrogens is 393 g/mol. The van der Waals surface area contributed by atoms with Crippen LogP contribution in [0.5, 0.6) is 0 Å². The second-order valence-electron chi connectivity index (χ2n) is 3.54. The van der Waals surface area contributed by atoms with Crippen LogP contribution in [-0.4, -0.2) is 9.97 Å². The SMILES string of the molecule is FC(F)(F)c1ccc(Nc2ncncc2I)c(Cl)c1. The number of anilines is 2. The van der Waals surface area contributed by atoms with Gasteiger partial charge in [-0.05, 0) is 40.8 Å². The largest absolute Gasteiger partial charge is 0.416 e. The molecule has 1 aromatic carbocycles. The normalized spacial score (nSPS) is 11.4. The van der Waals surface area contributed by atoms with Crippen LogP contribution in [0, 0.1) is 3.57 Å². The van der Waals surface area contributed by atoms with Crippen LogP contribution in [0.2, 0.25) is 5.02 Å². The van der Waals surface area contributed by atoms with Crippen molar-refractivity contribution in [3.8, 4) is 0 Å². The Hall–Kier alpha value is -1.09. The summed E-state index contributed by atoms with van der Waals surface area (Å²) in [5.74, 6) is 0.484. The molecule has 0 atom stereocenters. The molecule has 0 aliphatic rings. The first-order chi connectivity index (χ1) is 8.88. The molecule has 1 N–H and O–H groups in total. The molecule has 1 aromatic heterocycles. The number of rotatable bonds is 2. The Labute approximate surface area is 125 Å². The quantitative estimate of drug-likeness (QED) is 0.756. The van der Waals surface area contributed by atoms with E-state index in [-0.39, 0.29) is 5.02 Å². The molecule has 0 saturated carbocycles. The number of nitrogens with one attached hydrogen (secondary N) is 1. The molecule has 0 bridgehead atoms. The van der Waals surface area contributed by atoms with Gasteiger partial charge in [0.05, 0.1) is 19.8 Å². The van der Waals surface area contributed by atoms with E-state index in [1.165, 1.54) is 12.4 Å². The van der Waals surface area contributed by atoms with Gasteiger partial charge < -0.3 is 5.32 Å². The Morgan fingerprint density at radius 3 is 2.58 bits per heavy atom. The molecular formula is C11H6ClF3IN3. The van der Waals surface area contributed by atoms with Crippen LogP contribution in [0.25, 0.3) is 0 Å². The standard InChI is InChI=1S/C11H6ClF3IN3/c12-7-3-6(11(13,14)15)1-2-9(7)19-10-8(16)4-17-5-18-10/h1-5H,(H,17,18,19). The second-order valence-corrected chi connectivity index (χ2v) is 5.11. The van der Waals surface area contributed by atoms with E-state index < -0.39 is 11.7 Å². The third kappa shape index (κ3) is 3.47. The van der Waals surface area contributed by atoms with E-state index in [0.29, 0.717) is 11.5 Å². The molecule has 8 heteroatoms. The third-order valence-corrected chi connectivity index (χ3v) is 3.32. The Balaban J connectivity index is 2.30. The van der Waals surface area contributed by atoms with Crippen molar-refractivity contribution in [1.82, 2.24) is 9.97 Å². The predicted molar refractivity (Wildman–Crippen MR) is 74.5 cm³/mol. The Morgan fingerprint density at radius 1 is 1.26 bits per heavy atom. The maximum atomic E-state index is 12.5. The zero-order valence-electron chi connectivity index (χ0n) is 9.17. The summed E-state index contributed by atoms with van der Waals surface area (Å²) in [7, 11) is 0. The van der Waals surface area contributed by atoms with Crippen molar-refractivity contribution in [2.45, 2.75) is 6.18 Å². The predicted octanol–water partition coefficient (Wildman–Crippen LogP) is 4.50. The molecule has 2 rings (SSSR count). The molecule has 19 heavy (non-hydrogen) atoms. The summed E-state index contributed by atoms with van der Waals surface area (Å²) in [4.78, 5) is 7.79. The van der Waals surface area contributed by atoms with Crippen molar-refractivity contribution in [2.24, 2.45) is 0 Å². The highest BCUT2D eigenvalue weighted by molar-refractivity contribution is 14.1. The van der Waals surface area contributed by atoms with Crippen LogP contribution in [-0.2, 0) is 6.18 Å². The van der Waals surface area contributed by atoms with Crippen molar-refractivity contribution in [1.29, 1.82) is 0 Å². The van der Waals surface area contributed by atoms with Gasteiger partial charge in [0.2, 0.25) is 0 Å². The van der Waals surface area contributed by atoms with Crippen LogP contribution >= 0.6 is 34.2 Å². The second kappa shape index (κ2) is 5.49. The van der Waals surface area contributed by atoms with E-state index in [2.05, 4.69) is 15.3 Å². The first kappa shape index (κ1) is 14.3. The van der Waals surface area contributed by atoms with E-state index in [4.69, 9.17) is 11.6 Å². The highest BCUT2D eigenvalue weighted by Crippen LogP contribution is 2.34. The van der Waals surface area contributed by atoms with Crippen molar-refractivity contribution < 1.29 is 13.2 Å². The fourth-order valence-corrected chi connectivity index (χ4v) is 1.99. The fourth-order valence-electron chi connectivity index (χ4n) is 1.32. The lowest BCUT2D eigenvalue weighted by molar-refractivity contribution is -0.137. The van der Waals surface area contributed by atoms with Crippen molar-refractivity contribution >= 4 is 45.7 Å². The maximum Gasteiger partial charge on any atom is 0.416 e. The molecule has 100 valence electrons. The summed E-state index contributed by atoms with van der Waals surface area (Å²) >= 11 is 7.84. The van der Waals surface area contributed by atoms with Gasteiger partial charge >= 0.3 is 6.18 Å². The van der Waals surface area contributed by atoms with Gasteiger partial charge in [0.25, 0.3) is 0 Å². The molecule has 0 spiro atoms. The molecule has 0 saturated heterocycles. The Bertz CT molecular complexity index is 604. The summed E-state index contributed by atoms with van der Waals surface area (Å²) in [6.45, 7) is 0. The number of hydrogen-bond donors (Lipinski definition) is 1. The molecule has 0 aliphatic carbocycles. The molecule has 0 unspecified atom stereocenters. The van der Waals surface area contributed by atoms with Crippen molar-refractivity contribution in [3.05, 3.63) is 44.9 Å². The summed E-state index contributed by atoms with van der Waals surface area (Å²) in [5.41, 5.74) is -0.438. The molecule has 1 heterocycles. The number of alkyl halides is 3. The van der Waals surface area contributed by atoms with Crippen LogP contribution in [0.1, 0.15) is 5.56 Å². The smallest absolute Gasteiger partial charge is 0.338 e. The number of benzene rings is 1. The minimum absolute atomic E-state index is 0.0239. The minimum atomic E-state index is -4.41. The van der Waals surface area contributed by atoms with Crippen LogP contribution < -0.4 is 5.32 Å². The molecule has 0 radical (unpaired) electrons. The van der Waals surface area contributed by atoms with E-state index in [0.717, 1.165) is 15.7 Å². The van der Waals surface area contributed by atoms with Gasteiger partial charge in [0.1, 0.15) is 12.1 Å². The van der Waals surface area contributed by atoms with E-state index in [9.17, 15) is 13.2 Å². The van der Waals surface area contributed by atoms with Gasteiger partial charge in [-0.2, -0.15) is 13.2 Å². The zero-order valence-corrected chi connectivity index (χ0v) is 12.1. The topological polar surface area (TPSA) is 37.8 Å². The fraction of sp³-hybridized carbons (Fsp3) is 0.0909. The number of aromatic nitrogens is 2. The zero-order chi connectivity index (χ0) is 14.0. The lowest BCUT2D eigenvalue weighted by Gasteiger charge is -2.11. The Kier molecular flexibility index (Phi) is 4.14. The summed E-state index contributed by atoms with van der Waals surface area (Å²) < 4.78 is 38.2. The molecule has 0 amide bonds. The minimum Gasteiger partial charge on any atom is -0.338 e. The highest BCUT2D eigenvalue weighted by atomic mass is 127. The lowest BCUT2D eigenvalue weighted by atomic mass is 10.2. The van der Waals surface area contributed by atoms with Crippen LogP contribution in [0.15, 0.2) is 30.7 Å². The molecule has 0 fully saturated rings. The van der Waals surface area contributed by atoms with Crippen LogP contribution in [0.3, 0.4) is 0 Å². The monoisotopic (exact) mass is 399 g/mol. The van der Waals surface area contributed by atoms with Gasteiger partial charge in [0, 0.05) is 6.20 Å². The highest BCUT2D eigenvalue weighted by Gasteiger charge is 2.30. The third-order valence-electron chi connectivity index (χ3n) is 2.22. The summed E-state index contributed by atoms with van der Waals surface area (Å²) in [6.07, 6.45) is -1.50. The average molecular weight is 400 g/mol. The van der Waals surface area contributed by atoms with Gasteiger partial charge in [-0.3, -0.25) is 0 Å². The molecule has 0 aliphatic heterocycles. The Morgan fingerprint density at radius 2 is 2.00 bits per heavy atom. The lowest BCUT2D eigenvalue weighted by Crippen LogP contribution is -2.05. The van der Waals surface area contributed by atoms with Gasteiger partial charge in [-0.25, -0.2) is 9.97 Å². The molecule has 2 aromatic rings. The first-order valence-electron chi connectivity index (χ1n) is 4.97. The van der Waals surface area contributed by atoms with Crippen molar-refractivity contribution in [3.63, 3.8) is 0 Å². The summed E-state index contributed by atoms with van der Waals surface area (Å²) in [6, 6.07) is 3.10. The van der Waals surface area contributed by atoms with Gasteiger partial charge in [-0.1, -0.05) is 11.6 Å². The van der Waals surface area contributed by atoms with E-state index in [1.807, 2.05) is 22.6 Å². The number of nitrogens with zero attached hydrogens (tertiary/aromatic N) is 2.